The van der Waals surface area contributed by atoms with Crippen LogP contribution in [0.25, 0.3) is 0 Å². The number of nitrogens with zero attached hydrogens (tertiary/aromatic N) is 3. The molecule has 1 fully saturated rings. The van der Waals surface area contributed by atoms with Gasteiger partial charge in [0.05, 0.1) is 26.2 Å². The van der Waals surface area contributed by atoms with Gasteiger partial charge in [0.15, 0.2) is 0 Å². The van der Waals surface area contributed by atoms with Crippen molar-refractivity contribution in [3.8, 4) is 0 Å². The van der Waals surface area contributed by atoms with E-state index in [0.29, 0.717) is 42.7 Å². The van der Waals surface area contributed by atoms with Crippen molar-refractivity contribution in [2.75, 3.05) is 57.1 Å². The van der Waals surface area contributed by atoms with Crippen LogP contribution in [-0.4, -0.2) is 86.0 Å². The van der Waals surface area contributed by atoms with Crippen molar-refractivity contribution in [3.05, 3.63) is 59.1 Å². The molecule has 190 valence electrons. The van der Waals surface area contributed by atoms with E-state index in [2.05, 4.69) is 25.8 Å². The Hall–Kier alpha value is -3.63. The minimum absolute atomic E-state index is 0.181. The van der Waals surface area contributed by atoms with Crippen LogP contribution in [0.5, 0.6) is 0 Å². The van der Waals surface area contributed by atoms with Crippen LogP contribution < -0.4 is 16.0 Å². The zero-order valence-corrected chi connectivity index (χ0v) is 20.8. The molecule has 2 aromatic carbocycles. The van der Waals surface area contributed by atoms with Crippen LogP contribution in [-0.2, 0) is 14.3 Å². The third kappa shape index (κ3) is 6.73. The fraction of sp³-hybridized carbons (Fsp3) is 0.360. The second-order valence-electron chi connectivity index (χ2n) is 8.55. The maximum atomic E-state index is 13.2. The number of ether oxygens (including phenoxy) is 1. The predicted octanol–water partition coefficient (Wildman–Crippen LogP) is 2.41. The highest BCUT2D eigenvalue weighted by Gasteiger charge is 2.27. The second-order valence-corrected chi connectivity index (χ2v) is 8.99. The van der Waals surface area contributed by atoms with Gasteiger partial charge >= 0.3 is 6.03 Å². The quantitative estimate of drug-likeness (QED) is 0.527. The Balaban J connectivity index is 1.43. The van der Waals surface area contributed by atoms with E-state index in [1.165, 1.54) is 0 Å². The van der Waals surface area contributed by atoms with Crippen molar-refractivity contribution in [1.82, 2.24) is 15.1 Å². The van der Waals surface area contributed by atoms with Crippen molar-refractivity contribution < 1.29 is 19.1 Å². The van der Waals surface area contributed by atoms with Gasteiger partial charge in [-0.1, -0.05) is 11.6 Å². The molecule has 0 radical (unpaired) electrons. The number of likely N-dealkylation sites (N-methyl/N-ethyl adjacent to an activating group) is 1. The van der Waals surface area contributed by atoms with Crippen molar-refractivity contribution in [1.29, 1.82) is 0 Å². The molecule has 4 rings (SSSR count). The molecule has 2 heterocycles. The number of amides is 4. The molecule has 1 unspecified atom stereocenters. The summed E-state index contributed by atoms with van der Waals surface area (Å²) in [7, 11) is 1.98. The van der Waals surface area contributed by atoms with Gasteiger partial charge in [0, 0.05) is 48.6 Å². The maximum Gasteiger partial charge on any atom is 0.319 e. The van der Waals surface area contributed by atoms with Gasteiger partial charge in [0.1, 0.15) is 11.9 Å². The van der Waals surface area contributed by atoms with Crippen LogP contribution in [0.15, 0.2) is 53.5 Å². The molecule has 2 aliphatic rings. The molecular formula is C25H29ClN6O4. The van der Waals surface area contributed by atoms with E-state index in [-0.39, 0.29) is 12.3 Å². The lowest BCUT2D eigenvalue weighted by Gasteiger charge is -2.28. The predicted molar refractivity (Wildman–Crippen MR) is 139 cm³/mol. The van der Waals surface area contributed by atoms with Gasteiger partial charge < -0.3 is 30.5 Å². The Kier molecular flexibility index (Phi) is 8.40. The van der Waals surface area contributed by atoms with Crippen molar-refractivity contribution >= 4 is 46.7 Å². The average Bonchev–Trinajstić information content (AvgIpc) is 3.31. The zero-order valence-electron chi connectivity index (χ0n) is 20.0. The summed E-state index contributed by atoms with van der Waals surface area (Å²) in [4.78, 5) is 46.9. The smallest absolute Gasteiger partial charge is 0.319 e. The summed E-state index contributed by atoms with van der Waals surface area (Å²) in [5.41, 5.74) is 2.01. The highest BCUT2D eigenvalue weighted by molar-refractivity contribution is 6.30. The number of carbonyl (C=O) groups is 3. The molecule has 0 bridgehead atoms. The Morgan fingerprint density at radius 1 is 0.972 bits per heavy atom. The Labute approximate surface area is 214 Å². The number of halogens is 1. The first-order valence-electron chi connectivity index (χ1n) is 11.7. The average molecular weight is 513 g/mol. The molecule has 2 aromatic rings. The molecule has 1 atom stereocenters. The third-order valence-corrected chi connectivity index (χ3v) is 6.19. The van der Waals surface area contributed by atoms with E-state index in [0.717, 1.165) is 24.5 Å². The summed E-state index contributed by atoms with van der Waals surface area (Å²) in [6.45, 7) is 3.41. The van der Waals surface area contributed by atoms with Crippen molar-refractivity contribution in [2.45, 2.75) is 12.5 Å². The minimum atomic E-state index is -1.09. The number of hydrogen-bond acceptors (Lipinski definition) is 6. The summed E-state index contributed by atoms with van der Waals surface area (Å²) in [6, 6.07) is 12.2. The highest BCUT2D eigenvalue weighted by atomic mass is 35.5. The number of urea groups is 1. The Bertz CT molecular complexity index is 1120. The normalized spacial score (nSPS) is 16.2. The SMILES string of the molecule is CN1CCN=C1c1ccc(NC(=O)C(CC(=O)N2CCOCC2)NC(=O)Nc2ccc(Cl)cc2)cc1. The van der Waals surface area contributed by atoms with Crippen LogP contribution in [0.2, 0.25) is 5.02 Å². The number of nitrogens with one attached hydrogen (secondary N) is 3. The van der Waals surface area contributed by atoms with E-state index in [4.69, 9.17) is 16.3 Å². The van der Waals surface area contributed by atoms with Crippen LogP contribution in [0, 0.1) is 0 Å². The number of morpholine rings is 1. The largest absolute Gasteiger partial charge is 0.378 e. The molecule has 1 saturated heterocycles. The van der Waals surface area contributed by atoms with Crippen LogP contribution in [0.3, 0.4) is 0 Å². The lowest BCUT2D eigenvalue weighted by molar-refractivity contribution is -0.137. The van der Waals surface area contributed by atoms with E-state index < -0.39 is 18.0 Å². The molecule has 0 saturated carbocycles. The number of anilines is 2. The molecule has 10 nitrogen and oxygen atoms in total. The van der Waals surface area contributed by atoms with E-state index in [9.17, 15) is 14.4 Å². The molecule has 0 aliphatic carbocycles. The summed E-state index contributed by atoms with van der Waals surface area (Å²) in [5, 5.41) is 8.64. The Morgan fingerprint density at radius 2 is 1.61 bits per heavy atom. The number of aliphatic imine (C=N–C) groups is 1. The van der Waals surface area contributed by atoms with Crippen molar-refractivity contribution in [3.63, 3.8) is 0 Å². The van der Waals surface area contributed by atoms with Gasteiger partial charge in [-0.25, -0.2) is 4.79 Å². The van der Waals surface area contributed by atoms with Gasteiger partial charge in [-0.3, -0.25) is 14.6 Å². The molecule has 2 aliphatic heterocycles. The third-order valence-electron chi connectivity index (χ3n) is 5.94. The number of hydrogen-bond donors (Lipinski definition) is 3. The summed E-state index contributed by atoms with van der Waals surface area (Å²) >= 11 is 5.89. The van der Waals surface area contributed by atoms with E-state index in [1.807, 2.05) is 19.2 Å². The number of carbonyl (C=O) groups excluding carboxylic acids is 3. The molecule has 4 amide bonds. The van der Waals surface area contributed by atoms with Crippen molar-refractivity contribution in [2.24, 2.45) is 4.99 Å². The summed E-state index contributed by atoms with van der Waals surface area (Å²) in [6.07, 6.45) is -0.181. The first kappa shape index (κ1) is 25.5. The first-order valence-corrected chi connectivity index (χ1v) is 12.1. The molecule has 11 heteroatoms. The molecule has 0 spiro atoms. The van der Waals surface area contributed by atoms with E-state index in [1.54, 1.807) is 41.3 Å². The zero-order chi connectivity index (χ0) is 25.5. The standard InChI is InChI=1S/C25H29ClN6O4/c1-31-11-10-27-23(31)17-2-6-19(7-3-17)28-24(34)21(16-22(33)32-12-14-36-15-13-32)30-25(35)29-20-8-4-18(26)5-9-20/h2-9,21H,10-16H2,1H3,(H,28,34)(H2,29,30,35). The van der Waals surface area contributed by atoms with Gasteiger partial charge in [-0.2, -0.15) is 0 Å². The molecule has 3 N–H and O–H groups in total. The summed E-state index contributed by atoms with van der Waals surface area (Å²) in [5.74, 6) is 0.177. The van der Waals surface area contributed by atoms with Crippen LogP contribution in [0.1, 0.15) is 12.0 Å². The lowest BCUT2D eigenvalue weighted by atomic mass is 10.1. The summed E-state index contributed by atoms with van der Waals surface area (Å²) < 4.78 is 5.30. The molecule has 0 aromatic heterocycles. The highest BCUT2D eigenvalue weighted by Crippen LogP contribution is 2.16. The number of rotatable bonds is 7. The van der Waals surface area contributed by atoms with Gasteiger partial charge in [-0.05, 0) is 48.5 Å². The fourth-order valence-corrected chi connectivity index (χ4v) is 4.09. The first-order chi connectivity index (χ1) is 17.4. The number of amidine groups is 1. The topological polar surface area (TPSA) is 115 Å². The monoisotopic (exact) mass is 512 g/mol. The van der Waals surface area contributed by atoms with Gasteiger partial charge in [0.25, 0.3) is 0 Å². The lowest BCUT2D eigenvalue weighted by Crippen LogP contribution is -2.50. The second kappa shape index (κ2) is 11.9. The van der Waals surface area contributed by atoms with E-state index >= 15 is 0 Å². The fourth-order valence-electron chi connectivity index (χ4n) is 3.96. The molecule has 36 heavy (non-hydrogen) atoms. The molecular weight excluding hydrogens is 484 g/mol. The Morgan fingerprint density at radius 3 is 2.25 bits per heavy atom. The number of benzene rings is 2. The van der Waals surface area contributed by atoms with Gasteiger partial charge in [0.2, 0.25) is 11.8 Å². The van der Waals surface area contributed by atoms with Gasteiger partial charge in [-0.15, -0.1) is 0 Å². The minimum Gasteiger partial charge on any atom is -0.378 e. The maximum absolute atomic E-state index is 13.2. The van der Waals surface area contributed by atoms with Crippen LogP contribution in [0.4, 0.5) is 16.2 Å². The van der Waals surface area contributed by atoms with Crippen LogP contribution >= 0.6 is 11.6 Å².